The molecule has 0 spiro atoms. The highest BCUT2D eigenvalue weighted by Gasteiger charge is 2.08. The molecule has 0 aromatic heterocycles. The van der Waals surface area contributed by atoms with Crippen molar-refractivity contribution in [2.24, 2.45) is 5.41 Å². The van der Waals surface area contributed by atoms with E-state index in [2.05, 4.69) is 26.1 Å². The number of nitrogens with one attached hydrogen (secondary N) is 1. The van der Waals surface area contributed by atoms with Crippen LogP contribution in [0, 0.1) is 17.0 Å². The zero-order valence-electron chi connectivity index (χ0n) is 11.2. The Labute approximate surface area is 112 Å². The molecule has 0 unspecified atom stereocenters. The second-order valence-corrected chi connectivity index (χ2v) is 6.62. The Kier molecular flexibility index (Phi) is 6.09. The maximum absolute atomic E-state index is 13.3. The average molecular weight is 273 g/mol. The Morgan fingerprint density at radius 2 is 1.89 bits per heavy atom. The van der Waals surface area contributed by atoms with Gasteiger partial charge in [0.25, 0.3) is 0 Å². The SMILES string of the molecule is CC(C)(C)CCNCCSc1cc(F)ccc1F. The van der Waals surface area contributed by atoms with Crippen LogP contribution in [0.2, 0.25) is 0 Å². The van der Waals surface area contributed by atoms with Crippen LogP contribution >= 0.6 is 11.8 Å². The van der Waals surface area contributed by atoms with Crippen molar-refractivity contribution in [1.29, 1.82) is 0 Å². The lowest BCUT2D eigenvalue weighted by atomic mass is 9.92. The first-order valence-corrected chi connectivity index (χ1v) is 7.16. The molecule has 1 aromatic carbocycles. The summed E-state index contributed by atoms with van der Waals surface area (Å²) in [5.74, 6) is 0.000483. The monoisotopic (exact) mass is 273 g/mol. The van der Waals surface area contributed by atoms with Crippen molar-refractivity contribution in [2.75, 3.05) is 18.8 Å². The average Bonchev–Trinajstić information content (AvgIpc) is 2.26. The van der Waals surface area contributed by atoms with Crippen LogP contribution in [-0.4, -0.2) is 18.8 Å². The highest BCUT2D eigenvalue weighted by molar-refractivity contribution is 7.99. The fourth-order valence-corrected chi connectivity index (χ4v) is 2.28. The maximum Gasteiger partial charge on any atom is 0.136 e. The van der Waals surface area contributed by atoms with Gasteiger partial charge in [0.15, 0.2) is 0 Å². The van der Waals surface area contributed by atoms with Crippen molar-refractivity contribution < 1.29 is 8.78 Å². The third-order valence-corrected chi connectivity index (χ3v) is 3.51. The van der Waals surface area contributed by atoms with Gasteiger partial charge in [-0.15, -0.1) is 11.8 Å². The topological polar surface area (TPSA) is 12.0 Å². The molecule has 0 radical (unpaired) electrons. The third kappa shape index (κ3) is 6.36. The molecular formula is C14H21F2NS. The predicted molar refractivity (Wildman–Crippen MR) is 74.0 cm³/mol. The van der Waals surface area contributed by atoms with Gasteiger partial charge < -0.3 is 5.32 Å². The van der Waals surface area contributed by atoms with Crippen LogP contribution in [-0.2, 0) is 0 Å². The Morgan fingerprint density at radius 3 is 2.56 bits per heavy atom. The van der Waals surface area contributed by atoms with Crippen LogP contribution in [0.25, 0.3) is 0 Å². The summed E-state index contributed by atoms with van der Waals surface area (Å²) in [5, 5.41) is 3.31. The minimum absolute atomic E-state index is 0.328. The quantitative estimate of drug-likeness (QED) is 0.619. The lowest BCUT2D eigenvalue weighted by Gasteiger charge is -2.17. The molecule has 0 fully saturated rings. The van der Waals surface area contributed by atoms with Gasteiger partial charge >= 0.3 is 0 Å². The highest BCUT2D eigenvalue weighted by atomic mass is 32.2. The fourth-order valence-electron chi connectivity index (χ4n) is 1.41. The number of thioether (sulfide) groups is 1. The molecule has 1 rings (SSSR count). The lowest BCUT2D eigenvalue weighted by molar-refractivity contribution is 0.369. The van der Waals surface area contributed by atoms with Crippen molar-refractivity contribution in [3.63, 3.8) is 0 Å². The number of benzene rings is 1. The molecular weight excluding hydrogens is 252 g/mol. The van der Waals surface area contributed by atoms with Gasteiger partial charge in [0, 0.05) is 17.2 Å². The first-order chi connectivity index (χ1) is 8.38. The van der Waals surface area contributed by atoms with E-state index in [9.17, 15) is 8.78 Å². The lowest BCUT2D eigenvalue weighted by Crippen LogP contribution is -2.22. The molecule has 0 saturated heterocycles. The summed E-state index contributed by atoms with van der Waals surface area (Å²) in [5.41, 5.74) is 0.328. The second-order valence-electron chi connectivity index (χ2n) is 5.48. The summed E-state index contributed by atoms with van der Waals surface area (Å²) in [6.45, 7) is 8.36. The molecule has 1 N–H and O–H groups in total. The molecule has 0 aliphatic heterocycles. The molecule has 102 valence electrons. The molecule has 1 aromatic rings. The van der Waals surface area contributed by atoms with Crippen LogP contribution < -0.4 is 5.32 Å². The number of hydrogen-bond donors (Lipinski definition) is 1. The van der Waals surface area contributed by atoms with E-state index in [0.29, 0.717) is 10.3 Å². The summed E-state index contributed by atoms with van der Waals surface area (Å²) >= 11 is 1.34. The Bertz CT molecular complexity index is 375. The Balaban J connectivity index is 2.20. The van der Waals surface area contributed by atoms with Gasteiger partial charge in [0.05, 0.1) is 0 Å². The molecule has 1 nitrogen and oxygen atoms in total. The summed E-state index contributed by atoms with van der Waals surface area (Å²) < 4.78 is 26.2. The highest BCUT2D eigenvalue weighted by Crippen LogP contribution is 2.22. The molecule has 0 aliphatic rings. The summed E-state index contributed by atoms with van der Waals surface area (Å²) in [6, 6.07) is 3.56. The summed E-state index contributed by atoms with van der Waals surface area (Å²) in [4.78, 5) is 0.382. The van der Waals surface area contributed by atoms with E-state index in [1.54, 1.807) is 0 Å². The van der Waals surface area contributed by atoms with Gasteiger partial charge in [-0.25, -0.2) is 8.78 Å². The molecule has 0 atom stereocenters. The number of halogens is 2. The molecule has 0 saturated carbocycles. The largest absolute Gasteiger partial charge is 0.316 e. The first-order valence-electron chi connectivity index (χ1n) is 6.17. The van der Waals surface area contributed by atoms with Gasteiger partial charge in [0.2, 0.25) is 0 Å². The third-order valence-electron chi connectivity index (χ3n) is 2.48. The molecule has 0 amide bonds. The minimum Gasteiger partial charge on any atom is -0.316 e. The maximum atomic E-state index is 13.3. The van der Waals surface area contributed by atoms with E-state index < -0.39 is 0 Å². The Morgan fingerprint density at radius 1 is 1.17 bits per heavy atom. The molecule has 0 bridgehead atoms. The van der Waals surface area contributed by atoms with Gasteiger partial charge in [-0.05, 0) is 36.6 Å². The molecule has 0 heterocycles. The van der Waals surface area contributed by atoms with Crippen LogP contribution in [0.5, 0.6) is 0 Å². The summed E-state index contributed by atoms with van der Waals surface area (Å²) in [7, 11) is 0. The zero-order chi connectivity index (χ0) is 13.6. The van der Waals surface area contributed by atoms with Crippen LogP contribution in [0.1, 0.15) is 27.2 Å². The smallest absolute Gasteiger partial charge is 0.136 e. The van der Waals surface area contributed by atoms with E-state index in [4.69, 9.17) is 0 Å². The molecule has 0 aliphatic carbocycles. The van der Waals surface area contributed by atoms with Crippen molar-refractivity contribution in [3.8, 4) is 0 Å². The zero-order valence-corrected chi connectivity index (χ0v) is 12.0. The minimum atomic E-state index is -0.389. The van der Waals surface area contributed by atoms with E-state index >= 15 is 0 Å². The molecule has 4 heteroatoms. The number of hydrogen-bond acceptors (Lipinski definition) is 2. The summed E-state index contributed by atoms with van der Waals surface area (Å²) in [6.07, 6.45) is 1.10. The van der Waals surface area contributed by atoms with Crippen molar-refractivity contribution in [2.45, 2.75) is 32.1 Å². The van der Waals surface area contributed by atoms with Crippen LogP contribution in [0.3, 0.4) is 0 Å². The normalized spacial score (nSPS) is 11.8. The first kappa shape index (κ1) is 15.4. The van der Waals surface area contributed by atoms with Crippen molar-refractivity contribution in [1.82, 2.24) is 5.32 Å². The van der Waals surface area contributed by atoms with E-state index in [-0.39, 0.29) is 11.6 Å². The van der Waals surface area contributed by atoms with Gasteiger partial charge in [-0.2, -0.15) is 0 Å². The Hall–Kier alpha value is -0.610. The fraction of sp³-hybridized carbons (Fsp3) is 0.571. The molecule has 18 heavy (non-hydrogen) atoms. The second kappa shape index (κ2) is 7.10. The van der Waals surface area contributed by atoms with Crippen molar-refractivity contribution >= 4 is 11.8 Å². The van der Waals surface area contributed by atoms with Crippen LogP contribution in [0.15, 0.2) is 23.1 Å². The van der Waals surface area contributed by atoms with Crippen LogP contribution in [0.4, 0.5) is 8.78 Å². The standard InChI is InChI=1S/C14H21F2NS/c1-14(2,3)6-7-17-8-9-18-13-10-11(15)4-5-12(13)16/h4-5,10,17H,6-9H2,1-3H3. The van der Waals surface area contributed by atoms with E-state index in [1.807, 2.05) is 0 Å². The van der Waals surface area contributed by atoms with E-state index in [0.717, 1.165) is 31.3 Å². The predicted octanol–water partition coefficient (Wildman–Crippen LogP) is 4.08. The van der Waals surface area contributed by atoms with Gasteiger partial charge in [0.1, 0.15) is 11.6 Å². The number of rotatable bonds is 6. The van der Waals surface area contributed by atoms with E-state index in [1.165, 1.54) is 23.9 Å². The van der Waals surface area contributed by atoms with Crippen molar-refractivity contribution in [3.05, 3.63) is 29.8 Å². The van der Waals surface area contributed by atoms with Gasteiger partial charge in [-0.1, -0.05) is 20.8 Å². The van der Waals surface area contributed by atoms with Gasteiger partial charge in [-0.3, -0.25) is 0 Å².